The molecule has 2 aromatic rings. The largest absolute Gasteiger partial charge is 0.447 e. The molecule has 8 nitrogen and oxygen atoms in total. The van der Waals surface area contributed by atoms with E-state index >= 15 is 0 Å². The van der Waals surface area contributed by atoms with Crippen LogP contribution in [-0.2, 0) is 4.74 Å². The maximum atomic E-state index is 11.9. The lowest BCUT2D eigenvalue weighted by Gasteiger charge is -2.35. The Morgan fingerprint density at radius 2 is 1.88 bits per heavy atom. The standard InChI is InChI=1S/C16H21N5O3/c1-11(2)24-16(23)20-8-6-19(7-9-20)15-5-4-14-17-10-13(12(3)22)21(14)18-15/h4-5,10-11H,6-9H2,1-3H3. The summed E-state index contributed by atoms with van der Waals surface area (Å²) in [5, 5.41) is 4.52. The maximum Gasteiger partial charge on any atom is 0.410 e. The van der Waals surface area contributed by atoms with Gasteiger partial charge in [-0.1, -0.05) is 0 Å². The van der Waals surface area contributed by atoms with Crippen LogP contribution in [0.5, 0.6) is 0 Å². The maximum absolute atomic E-state index is 11.9. The molecule has 0 radical (unpaired) electrons. The molecule has 1 aliphatic rings. The number of ketones is 1. The fraction of sp³-hybridized carbons (Fsp3) is 0.500. The third-order valence-electron chi connectivity index (χ3n) is 3.91. The van der Waals surface area contributed by atoms with Crippen LogP contribution in [0.4, 0.5) is 10.6 Å². The first-order valence-electron chi connectivity index (χ1n) is 8.02. The molecular weight excluding hydrogens is 310 g/mol. The van der Waals surface area contributed by atoms with Gasteiger partial charge in [0.05, 0.1) is 12.3 Å². The van der Waals surface area contributed by atoms with Crippen LogP contribution in [0.25, 0.3) is 5.65 Å². The average molecular weight is 331 g/mol. The van der Waals surface area contributed by atoms with Crippen LogP contribution in [0, 0.1) is 0 Å². The molecule has 24 heavy (non-hydrogen) atoms. The Labute approximate surface area is 140 Å². The second-order valence-electron chi connectivity index (χ2n) is 6.07. The first-order chi connectivity index (χ1) is 11.5. The molecule has 3 rings (SSSR count). The Morgan fingerprint density at radius 1 is 1.17 bits per heavy atom. The fourth-order valence-electron chi connectivity index (χ4n) is 2.67. The van der Waals surface area contributed by atoms with Gasteiger partial charge in [0.2, 0.25) is 0 Å². The van der Waals surface area contributed by atoms with E-state index in [9.17, 15) is 9.59 Å². The Hall–Kier alpha value is -2.64. The van der Waals surface area contributed by atoms with Crippen LogP contribution in [0.2, 0.25) is 0 Å². The van der Waals surface area contributed by atoms with Crippen molar-refractivity contribution in [2.75, 3.05) is 31.1 Å². The van der Waals surface area contributed by atoms with E-state index in [-0.39, 0.29) is 18.0 Å². The van der Waals surface area contributed by atoms with Gasteiger partial charge in [0, 0.05) is 33.1 Å². The molecule has 0 aromatic carbocycles. The van der Waals surface area contributed by atoms with Crippen molar-refractivity contribution in [1.82, 2.24) is 19.5 Å². The molecule has 1 aliphatic heterocycles. The Kier molecular flexibility index (Phi) is 4.37. The van der Waals surface area contributed by atoms with Crippen molar-refractivity contribution in [3.8, 4) is 0 Å². The number of Topliss-reactive ketones (excluding diaryl/α,β-unsaturated/α-hetero) is 1. The summed E-state index contributed by atoms with van der Waals surface area (Å²) in [6, 6.07) is 3.72. The van der Waals surface area contributed by atoms with E-state index in [4.69, 9.17) is 4.74 Å². The van der Waals surface area contributed by atoms with Gasteiger partial charge in [-0.3, -0.25) is 4.79 Å². The third-order valence-corrected chi connectivity index (χ3v) is 3.91. The van der Waals surface area contributed by atoms with E-state index in [2.05, 4.69) is 15.0 Å². The number of nitrogens with zero attached hydrogens (tertiary/aromatic N) is 5. The molecule has 2 aromatic heterocycles. The summed E-state index contributed by atoms with van der Waals surface area (Å²) < 4.78 is 6.79. The number of ether oxygens (including phenoxy) is 1. The van der Waals surface area contributed by atoms with Gasteiger partial charge in [-0.25, -0.2) is 14.3 Å². The highest BCUT2D eigenvalue weighted by Gasteiger charge is 2.24. The van der Waals surface area contributed by atoms with Gasteiger partial charge in [-0.05, 0) is 26.0 Å². The number of imidazole rings is 1. The molecule has 8 heteroatoms. The molecule has 0 unspecified atom stereocenters. The van der Waals surface area contributed by atoms with Gasteiger partial charge in [0.15, 0.2) is 11.4 Å². The number of hydrogen-bond acceptors (Lipinski definition) is 6. The number of hydrogen-bond donors (Lipinski definition) is 0. The Bertz CT molecular complexity index is 762. The number of amides is 1. The molecule has 0 saturated carbocycles. The van der Waals surface area contributed by atoms with Crippen LogP contribution in [0.15, 0.2) is 18.3 Å². The van der Waals surface area contributed by atoms with E-state index in [1.165, 1.54) is 13.1 Å². The number of carbonyl (C=O) groups excluding carboxylic acids is 2. The third kappa shape index (κ3) is 3.17. The van der Waals surface area contributed by atoms with Gasteiger partial charge in [-0.15, -0.1) is 5.10 Å². The number of carbonyl (C=O) groups is 2. The van der Waals surface area contributed by atoms with E-state index in [1.54, 1.807) is 9.42 Å². The molecule has 1 amide bonds. The highest BCUT2D eigenvalue weighted by Crippen LogP contribution is 2.16. The number of fused-ring (bicyclic) bond motifs is 1. The van der Waals surface area contributed by atoms with Gasteiger partial charge >= 0.3 is 6.09 Å². The number of rotatable bonds is 3. The van der Waals surface area contributed by atoms with Crippen molar-refractivity contribution < 1.29 is 14.3 Å². The topological polar surface area (TPSA) is 80.0 Å². The van der Waals surface area contributed by atoms with Crippen LogP contribution < -0.4 is 4.90 Å². The summed E-state index contributed by atoms with van der Waals surface area (Å²) in [6.45, 7) is 7.65. The lowest BCUT2D eigenvalue weighted by atomic mass is 10.3. The van der Waals surface area contributed by atoms with Gasteiger partial charge in [-0.2, -0.15) is 0 Å². The summed E-state index contributed by atoms with van der Waals surface area (Å²) in [7, 11) is 0. The quantitative estimate of drug-likeness (QED) is 0.795. The van der Waals surface area contributed by atoms with Crippen molar-refractivity contribution >= 4 is 23.3 Å². The van der Waals surface area contributed by atoms with Crippen LogP contribution in [-0.4, -0.2) is 63.7 Å². The Morgan fingerprint density at radius 3 is 2.50 bits per heavy atom. The molecule has 3 heterocycles. The molecule has 0 spiro atoms. The second-order valence-corrected chi connectivity index (χ2v) is 6.07. The molecule has 0 atom stereocenters. The number of piperazine rings is 1. The molecule has 0 bridgehead atoms. The molecule has 0 aliphatic carbocycles. The fourth-order valence-corrected chi connectivity index (χ4v) is 2.67. The SMILES string of the molecule is CC(=O)c1cnc2ccc(N3CCN(C(=O)OC(C)C)CC3)nn12. The minimum atomic E-state index is -0.276. The van der Waals surface area contributed by atoms with Crippen LogP contribution in [0.3, 0.4) is 0 Å². The predicted molar refractivity (Wildman–Crippen MR) is 88.4 cm³/mol. The van der Waals surface area contributed by atoms with Crippen molar-refractivity contribution in [3.63, 3.8) is 0 Å². The van der Waals surface area contributed by atoms with Gasteiger partial charge in [0.1, 0.15) is 11.5 Å². The average Bonchev–Trinajstić information content (AvgIpc) is 2.97. The van der Waals surface area contributed by atoms with Gasteiger partial charge in [0.25, 0.3) is 0 Å². The van der Waals surface area contributed by atoms with Gasteiger partial charge < -0.3 is 14.5 Å². The van der Waals surface area contributed by atoms with Crippen LogP contribution >= 0.6 is 0 Å². The minimum absolute atomic E-state index is 0.0756. The zero-order valence-electron chi connectivity index (χ0n) is 14.1. The molecular formula is C16H21N5O3. The van der Waals surface area contributed by atoms with Crippen LogP contribution in [0.1, 0.15) is 31.3 Å². The minimum Gasteiger partial charge on any atom is -0.447 e. The summed E-state index contributed by atoms with van der Waals surface area (Å²) in [4.78, 5) is 31.5. The lowest BCUT2D eigenvalue weighted by molar-refractivity contribution is 0.0750. The molecule has 1 fully saturated rings. The van der Waals surface area contributed by atoms with E-state index in [0.29, 0.717) is 37.5 Å². The highest BCUT2D eigenvalue weighted by molar-refractivity contribution is 5.92. The number of aromatic nitrogens is 3. The number of anilines is 1. The second kappa shape index (κ2) is 6.46. The van der Waals surface area contributed by atoms with Crippen molar-refractivity contribution in [2.45, 2.75) is 26.9 Å². The van der Waals surface area contributed by atoms with Crippen molar-refractivity contribution in [2.24, 2.45) is 0 Å². The molecule has 128 valence electrons. The van der Waals surface area contributed by atoms with E-state index in [0.717, 1.165) is 5.82 Å². The molecule has 1 saturated heterocycles. The summed E-state index contributed by atoms with van der Waals surface area (Å²) in [5.41, 5.74) is 1.11. The smallest absolute Gasteiger partial charge is 0.410 e. The lowest BCUT2D eigenvalue weighted by Crippen LogP contribution is -2.49. The van der Waals surface area contributed by atoms with E-state index < -0.39 is 0 Å². The predicted octanol–water partition coefficient (Wildman–Crippen LogP) is 1.60. The normalized spacial score (nSPS) is 15.2. The first-order valence-corrected chi connectivity index (χ1v) is 8.02. The highest BCUT2D eigenvalue weighted by atomic mass is 16.6. The van der Waals surface area contributed by atoms with Crippen molar-refractivity contribution in [1.29, 1.82) is 0 Å². The summed E-state index contributed by atoms with van der Waals surface area (Å²) in [6.07, 6.45) is 1.14. The zero-order chi connectivity index (χ0) is 17.3. The van der Waals surface area contributed by atoms with E-state index in [1.807, 2.05) is 26.0 Å². The first kappa shape index (κ1) is 16.2. The summed E-state index contributed by atoms with van der Waals surface area (Å²) >= 11 is 0. The Balaban J connectivity index is 1.72. The summed E-state index contributed by atoms with van der Waals surface area (Å²) in [5.74, 6) is 0.688. The van der Waals surface area contributed by atoms with Crippen molar-refractivity contribution in [3.05, 3.63) is 24.0 Å². The zero-order valence-corrected chi connectivity index (χ0v) is 14.1. The monoisotopic (exact) mass is 331 g/mol. The molecule has 0 N–H and O–H groups in total.